The Morgan fingerprint density at radius 1 is 1.25 bits per heavy atom. The van der Waals surface area contributed by atoms with Crippen LogP contribution in [-0.4, -0.2) is 29.8 Å². The van der Waals surface area contributed by atoms with Crippen LogP contribution in [0, 0.1) is 0 Å². The number of nitrogens with one attached hydrogen (secondary N) is 2. The van der Waals surface area contributed by atoms with Crippen LogP contribution in [0.2, 0.25) is 0 Å². The minimum absolute atomic E-state index is 0.0288. The van der Waals surface area contributed by atoms with Gasteiger partial charge in [-0.1, -0.05) is 6.07 Å². The van der Waals surface area contributed by atoms with Crippen molar-refractivity contribution in [3.05, 3.63) is 41.5 Å². The monoisotopic (exact) mass is 326 g/mol. The first-order valence-corrected chi connectivity index (χ1v) is 7.85. The lowest BCUT2D eigenvalue weighted by Crippen LogP contribution is -2.39. The van der Waals surface area contributed by atoms with Crippen molar-refractivity contribution in [3.8, 4) is 0 Å². The highest BCUT2D eigenvalue weighted by Gasteiger charge is 2.29. The van der Waals surface area contributed by atoms with Crippen LogP contribution in [0.25, 0.3) is 0 Å². The maximum Gasteiger partial charge on any atom is 0.287 e. The normalized spacial score (nSPS) is 22.4. The van der Waals surface area contributed by atoms with E-state index in [1.54, 1.807) is 24.3 Å². The molecular formula is C17H18N4O3. The van der Waals surface area contributed by atoms with Gasteiger partial charge in [0.2, 0.25) is 5.91 Å². The fraction of sp³-hybridized carbons (Fsp3) is 0.353. The van der Waals surface area contributed by atoms with E-state index < -0.39 is 0 Å². The van der Waals surface area contributed by atoms with Crippen molar-refractivity contribution in [3.63, 3.8) is 0 Å². The molecule has 0 aromatic heterocycles. The molecule has 0 radical (unpaired) electrons. The maximum atomic E-state index is 12.4. The molecule has 7 heteroatoms. The Kier molecular flexibility index (Phi) is 4.50. The Labute approximate surface area is 139 Å². The van der Waals surface area contributed by atoms with Crippen molar-refractivity contribution in [1.29, 1.82) is 0 Å². The lowest BCUT2D eigenvalue weighted by molar-refractivity contribution is -0.115. The van der Waals surface area contributed by atoms with Gasteiger partial charge in [-0.3, -0.25) is 14.4 Å². The summed E-state index contributed by atoms with van der Waals surface area (Å²) in [6.45, 7) is 1.42. The Morgan fingerprint density at radius 2 is 2.08 bits per heavy atom. The largest absolute Gasteiger partial charge is 0.349 e. The van der Waals surface area contributed by atoms with Crippen LogP contribution < -0.4 is 10.6 Å². The molecule has 24 heavy (non-hydrogen) atoms. The van der Waals surface area contributed by atoms with Gasteiger partial charge in [0.05, 0.1) is 6.04 Å². The summed E-state index contributed by atoms with van der Waals surface area (Å²) in [6.07, 6.45) is 3.67. The van der Waals surface area contributed by atoms with Gasteiger partial charge in [-0.25, -0.2) is 0 Å². The van der Waals surface area contributed by atoms with E-state index in [4.69, 9.17) is 0 Å². The van der Waals surface area contributed by atoms with Gasteiger partial charge in [-0.15, -0.1) is 5.11 Å². The summed E-state index contributed by atoms with van der Waals surface area (Å²) in [7, 11) is 0. The standard InChI is InChI=1S/C17H18N4O3/c1-10(22)18-13-4-2-3-11(7-13)17(24)19-14-5-6-15-12(8-14)9-16(23)21-20-15/h2-4,7,9,14-15H,5-6,8H2,1H3,(H,18,22)(H,19,24). The van der Waals surface area contributed by atoms with Crippen LogP contribution in [0.1, 0.15) is 36.5 Å². The molecule has 0 spiro atoms. The Morgan fingerprint density at radius 3 is 2.88 bits per heavy atom. The number of azo groups is 1. The highest BCUT2D eigenvalue weighted by Crippen LogP contribution is 2.29. The van der Waals surface area contributed by atoms with Gasteiger partial charge in [0.15, 0.2) is 0 Å². The molecular weight excluding hydrogens is 308 g/mol. The molecule has 2 atom stereocenters. The fourth-order valence-corrected chi connectivity index (χ4v) is 3.00. The van der Waals surface area contributed by atoms with E-state index in [1.165, 1.54) is 13.0 Å². The molecule has 1 aromatic rings. The number of carbonyl (C=O) groups excluding carboxylic acids is 3. The van der Waals surface area contributed by atoms with Gasteiger partial charge in [0, 0.05) is 30.3 Å². The lowest BCUT2D eigenvalue weighted by atomic mass is 9.86. The predicted octanol–water partition coefficient (Wildman–Crippen LogP) is 2.21. The summed E-state index contributed by atoms with van der Waals surface area (Å²) < 4.78 is 0. The SMILES string of the molecule is CC(=O)Nc1cccc(C(=O)NC2CCC3N=NC(=O)C=C3C2)c1. The molecule has 7 nitrogen and oxygen atoms in total. The zero-order valence-corrected chi connectivity index (χ0v) is 13.3. The number of rotatable bonds is 3. The average Bonchev–Trinajstić information content (AvgIpc) is 2.54. The van der Waals surface area contributed by atoms with E-state index in [9.17, 15) is 14.4 Å². The molecule has 0 bridgehead atoms. The van der Waals surface area contributed by atoms with E-state index in [2.05, 4.69) is 20.9 Å². The van der Waals surface area contributed by atoms with Crippen LogP contribution in [0.4, 0.5) is 5.69 Å². The molecule has 1 aromatic carbocycles. The van der Waals surface area contributed by atoms with E-state index in [0.717, 1.165) is 18.4 Å². The number of nitrogens with zero attached hydrogens (tertiary/aromatic N) is 2. The van der Waals surface area contributed by atoms with Crippen molar-refractivity contribution < 1.29 is 14.4 Å². The quantitative estimate of drug-likeness (QED) is 0.890. The van der Waals surface area contributed by atoms with Crippen LogP contribution in [0.15, 0.2) is 46.1 Å². The molecule has 1 saturated carbocycles. The Hall–Kier alpha value is -2.83. The number of carbonyl (C=O) groups is 3. The average molecular weight is 326 g/mol. The zero-order valence-electron chi connectivity index (χ0n) is 13.3. The minimum atomic E-state index is -0.337. The van der Waals surface area contributed by atoms with Crippen LogP contribution in [-0.2, 0) is 9.59 Å². The first-order valence-electron chi connectivity index (χ1n) is 7.85. The van der Waals surface area contributed by atoms with Crippen molar-refractivity contribution in [1.82, 2.24) is 5.32 Å². The molecule has 2 unspecified atom stereocenters. The van der Waals surface area contributed by atoms with Crippen molar-refractivity contribution in [2.24, 2.45) is 10.2 Å². The number of amides is 3. The zero-order chi connectivity index (χ0) is 17.1. The third-order valence-corrected chi connectivity index (χ3v) is 4.08. The third-order valence-electron chi connectivity index (χ3n) is 4.08. The molecule has 1 aliphatic heterocycles. The second kappa shape index (κ2) is 6.74. The first-order chi connectivity index (χ1) is 11.5. The van der Waals surface area contributed by atoms with E-state index in [-0.39, 0.29) is 29.8 Å². The topological polar surface area (TPSA) is 100.0 Å². The van der Waals surface area contributed by atoms with Gasteiger partial charge < -0.3 is 10.6 Å². The van der Waals surface area contributed by atoms with Crippen LogP contribution in [0.5, 0.6) is 0 Å². The van der Waals surface area contributed by atoms with Crippen molar-refractivity contribution in [2.75, 3.05) is 5.32 Å². The van der Waals surface area contributed by atoms with Crippen LogP contribution in [0.3, 0.4) is 0 Å². The molecule has 3 amide bonds. The lowest BCUT2D eigenvalue weighted by Gasteiger charge is -2.30. The molecule has 124 valence electrons. The summed E-state index contributed by atoms with van der Waals surface area (Å²) in [5.74, 6) is -0.722. The molecule has 2 aliphatic rings. The third kappa shape index (κ3) is 3.73. The summed E-state index contributed by atoms with van der Waals surface area (Å²) >= 11 is 0. The predicted molar refractivity (Wildman–Crippen MR) is 87.6 cm³/mol. The Balaban J connectivity index is 1.65. The highest BCUT2D eigenvalue weighted by atomic mass is 16.2. The number of hydrogen-bond acceptors (Lipinski definition) is 4. The fourth-order valence-electron chi connectivity index (χ4n) is 3.00. The molecule has 2 N–H and O–H groups in total. The number of fused-ring (bicyclic) bond motifs is 1. The number of benzene rings is 1. The van der Waals surface area contributed by atoms with Gasteiger partial charge >= 0.3 is 0 Å². The smallest absolute Gasteiger partial charge is 0.287 e. The summed E-state index contributed by atoms with van der Waals surface area (Å²) in [5.41, 5.74) is 2.00. The molecule has 1 aliphatic carbocycles. The maximum absolute atomic E-state index is 12.4. The minimum Gasteiger partial charge on any atom is -0.349 e. The summed E-state index contributed by atoms with van der Waals surface area (Å²) in [5, 5.41) is 13.2. The van der Waals surface area contributed by atoms with Crippen LogP contribution >= 0.6 is 0 Å². The van der Waals surface area contributed by atoms with Crippen molar-refractivity contribution in [2.45, 2.75) is 38.3 Å². The van der Waals surface area contributed by atoms with Crippen molar-refractivity contribution >= 4 is 23.4 Å². The second-order valence-corrected chi connectivity index (χ2v) is 6.00. The molecule has 0 saturated heterocycles. The van der Waals surface area contributed by atoms with Gasteiger partial charge in [-0.05, 0) is 43.0 Å². The highest BCUT2D eigenvalue weighted by molar-refractivity contribution is 5.97. The molecule has 3 rings (SSSR count). The molecule has 1 fully saturated rings. The van der Waals surface area contributed by atoms with Gasteiger partial charge in [0.25, 0.3) is 11.8 Å². The van der Waals surface area contributed by atoms with E-state index in [0.29, 0.717) is 17.7 Å². The number of hydrogen-bond donors (Lipinski definition) is 2. The summed E-state index contributed by atoms with van der Waals surface area (Å²) in [6, 6.07) is 6.72. The van der Waals surface area contributed by atoms with Gasteiger partial charge in [-0.2, -0.15) is 5.11 Å². The second-order valence-electron chi connectivity index (χ2n) is 6.00. The summed E-state index contributed by atoms with van der Waals surface area (Å²) in [4.78, 5) is 34.9. The number of anilines is 1. The van der Waals surface area contributed by atoms with Gasteiger partial charge in [0.1, 0.15) is 0 Å². The van der Waals surface area contributed by atoms with E-state index >= 15 is 0 Å². The first kappa shape index (κ1) is 16.0. The molecule has 1 heterocycles. The Bertz CT molecular complexity index is 754. The van der Waals surface area contributed by atoms with E-state index in [1.807, 2.05) is 0 Å².